The number of likely N-dealkylation sites (N-methyl/N-ethyl adjacent to an activating group) is 1. The topological polar surface area (TPSA) is 23.5 Å². The number of rotatable bonds is 3. The third-order valence-electron chi connectivity index (χ3n) is 2.73. The molecule has 1 rings (SSSR count). The molecule has 1 N–H and O–H groups in total. The highest BCUT2D eigenvalue weighted by Crippen LogP contribution is 2.41. The molecule has 10 heavy (non-hydrogen) atoms. The van der Waals surface area contributed by atoms with Gasteiger partial charge in [-0.1, -0.05) is 13.8 Å². The zero-order valence-electron chi connectivity index (χ0n) is 7.04. The molecule has 0 aromatic heterocycles. The lowest BCUT2D eigenvalue weighted by Crippen LogP contribution is -2.26. The molecule has 1 saturated carbocycles. The Morgan fingerprint density at radius 1 is 1.30 bits per heavy atom. The van der Waals surface area contributed by atoms with Crippen molar-refractivity contribution < 1.29 is 5.11 Å². The summed E-state index contributed by atoms with van der Waals surface area (Å²) in [6.07, 6.45) is 0. The smallest absolute Gasteiger partial charge is 0.0558 e. The lowest BCUT2D eigenvalue weighted by molar-refractivity contribution is 0.209. The summed E-state index contributed by atoms with van der Waals surface area (Å²) in [5.74, 6) is 1.66. The van der Waals surface area contributed by atoms with Crippen LogP contribution in [0.1, 0.15) is 13.8 Å². The molecule has 2 atom stereocenters. The predicted molar refractivity (Wildman–Crippen MR) is 41.8 cm³/mol. The summed E-state index contributed by atoms with van der Waals surface area (Å²) in [6, 6.07) is 0.729. The van der Waals surface area contributed by atoms with Crippen LogP contribution < -0.4 is 0 Å². The van der Waals surface area contributed by atoms with Gasteiger partial charge in [0.25, 0.3) is 0 Å². The highest BCUT2D eigenvalue weighted by atomic mass is 16.3. The zero-order chi connectivity index (χ0) is 7.72. The van der Waals surface area contributed by atoms with Gasteiger partial charge in [0.2, 0.25) is 0 Å². The van der Waals surface area contributed by atoms with Crippen LogP contribution in [0.15, 0.2) is 0 Å². The molecule has 0 amide bonds. The van der Waals surface area contributed by atoms with Crippen molar-refractivity contribution in [3.63, 3.8) is 0 Å². The normalized spacial score (nSPS) is 38.7. The van der Waals surface area contributed by atoms with Crippen molar-refractivity contribution in [2.75, 3.05) is 20.2 Å². The molecule has 1 aliphatic rings. The van der Waals surface area contributed by atoms with E-state index >= 15 is 0 Å². The van der Waals surface area contributed by atoms with Crippen molar-refractivity contribution in [1.29, 1.82) is 0 Å². The Hall–Kier alpha value is -0.0800. The van der Waals surface area contributed by atoms with Gasteiger partial charge >= 0.3 is 0 Å². The molecule has 2 nitrogen and oxygen atoms in total. The molecular formula is C8H17NO. The van der Waals surface area contributed by atoms with E-state index in [1.807, 2.05) is 0 Å². The Labute approximate surface area is 62.8 Å². The summed E-state index contributed by atoms with van der Waals surface area (Å²) in [5, 5.41) is 8.64. The van der Waals surface area contributed by atoms with E-state index in [0.717, 1.165) is 24.4 Å². The number of hydrogen-bond donors (Lipinski definition) is 1. The molecule has 2 heteroatoms. The van der Waals surface area contributed by atoms with E-state index in [4.69, 9.17) is 5.11 Å². The number of nitrogens with zero attached hydrogens (tertiary/aromatic N) is 1. The fourth-order valence-electron chi connectivity index (χ4n) is 1.75. The highest BCUT2D eigenvalue weighted by molar-refractivity contribution is 4.98. The second-order valence-electron chi connectivity index (χ2n) is 3.41. The molecule has 60 valence electrons. The fraction of sp³-hybridized carbons (Fsp3) is 1.00. The molecule has 0 aromatic carbocycles. The summed E-state index contributed by atoms with van der Waals surface area (Å²) < 4.78 is 0. The van der Waals surface area contributed by atoms with Crippen molar-refractivity contribution in [2.45, 2.75) is 19.9 Å². The van der Waals surface area contributed by atoms with Crippen LogP contribution in [0.2, 0.25) is 0 Å². The van der Waals surface area contributed by atoms with Crippen LogP contribution in [-0.4, -0.2) is 36.2 Å². The largest absolute Gasteiger partial charge is 0.395 e. The zero-order valence-corrected chi connectivity index (χ0v) is 7.04. The predicted octanol–water partition coefficient (Wildman–Crippen LogP) is 0.565. The van der Waals surface area contributed by atoms with Crippen molar-refractivity contribution in [3.8, 4) is 0 Å². The Morgan fingerprint density at radius 3 is 2.10 bits per heavy atom. The standard InChI is InChI=1S/C8H17NO/c1-6-7(2)8(6)9(3)4-5-10/h6-8,10H,4-5H2,1-3H3. The molecule has 1 aliphatic carbocycles. The summed E-state index contributed by atoms with van der Waals surface area (Å²) in [7, 11) is 2.08. The van der Waals surface area contributed by atoms with Gasteiger partial charge in [-0.2, -0.15) is 0 Å². The van der Waals surface area contributed by atoms with Gasteiger partial charge in [0.15, 0.2) is 0 Å². The Bertz CT molecular complexity index is 108. The Morgan fingerprint density at radius 2 is 1.80 bits per heavy atom. The number of aliphatic hydroxyl groups is 1. The Kier molecular flexibility index (Phi) is 2.32. The second kappa shape index (κ2) is 2.89. The molecule has 0 radical (unpaired) electrons. The van der Waals surface area contributed by atoms with Crippen LogP contribution in [0.3, 0.4) is 0 Å². The molecule has 1 fully saturated rings. The molecule has 0 saturated heterocycles. The van der Waals surface area contributed by atoms with Crippen molar-refractivity contribution in [1.82, 2.24) is 4.90 Å². The van der Waals surface area contributed by atoms with Crippen LogP contribution in [-0.2, 0) is 0 Å². The monoisotopic (exact) mass is 143 g/mol. The van der Waals surface area contributed by atoms with Gasteiger partial charge in [-0.15, -0.1) is 0 Å². The van der Waals surface area contributed by atoms with E-state index < -0.39 is 0 Å². The summed E-state index contributed by atoms with van der Waals surface area (Å²) in [4.78, 5) is 2.25. The van der Waals surface area contributed by atoms with Crippen molar-refractivity contribution in [3.05, 3.63) is 0 Å². The molecule has 0 spiro atoms. The molecule has 0 aromatic rings. The van der Waals surface area contributed by atoms with Crippen LogP contribution in [0.5, 0.6) is 0 Å². The van der Waals surface area contributed by atoms with E-state index in [9.17, 15) is 0 Å². The minimum absolute atomic E-state index is 0.284. The average molecular weight is 143 g/mol. The Balaban J connectivity index is 2.24. The minimum Gasteiger partial charge on any atom is -0.395 e. The first-order valence-corrected chi connectivity index (χ1v) is 3.99. The number of aliphatic hydroxyl groups excluding tert-OH is 1. The van der Waals surface area contributed by atoms with Gasteiger partial charge in [0, 0.05) is 12.6 Å². The van der Waals surface area contributed by atoms with Gasteiger partial charge in [0.05, 0.1) is 6.61 Å². The van der Waals surface area contributed by atoms with Gasteiger partial charge < -0.3 is 10.0 Å². The molecule has 0 heterocycles. The van der Waals surface area contributed by atoms with E-state index in [1.54, 1.807) is 0 Å². The lowest BCUT2D eigenvalue weighted by atomic mass is 10.4. The van der Waals surface area contributed by atoms with Gasteiger partial charge in [-0.25, -0.2) is 0 Å². The number of hydrogen-bond acceptors (Lipinski definition) is 2. The first kappa shape index (κ1) is 8.02. The lowest BCUT2D eigenvalue weighted by Gasteiger charge is -2.14. The fourth-order valence-corrected chi connectivity index (χ4v) is 1.75. The summed E-state index contributed by atoms with van der Waals surface area (Å²) >= 11 is 0. The van der Waals surface area contributed by atoms with Gasteiger partial charge in [0.1, 0.15) is 0 Å². The quantitative estimate of drug-likeness (QED) is 0.624. The second-order valence-corrected chi connectivity index (χ2v) is 3.41. The first-order valence-electron chi connectivity index (χ1n) is 3.99. The van der Waals surface area contributed by atoms with Crippen LogP contribution in [0, 0.1) is 11.8 Å². The third-order valence-corrected chi connectivity index (χ3v) is 2.73. The first-order chi connectivity index (χ1) is 4.68. The maximum absolute atomic E-state index is 8.64. The SMILES string of the molecule is CC1C(C)C1N(C)CCO. The van der Waals surface area contributed by atoms with E-state index in [0.29, 0.717) is 0 Å². The third kappa shape index (κ3) is 1.32. The maximum Gasteiger partial charge on any atom is 0.0558 e. The van der Waals surface area contributed by atoms with Crippen molar-refractivity contribution in [2.24, 2.45) is 11.8 Å². The highest BCUT2D eigenvalue weighted by Gasteiger charge is 2.44. The molecule has 0 aliphatic heterocycles. The van der Waals surface area contributed by atoms with Crippen molar-refractivity contribution >= 4 is 0 Å². The summed E-state index contributed by atoms with van der Waals surface area (Å²) in [6.45, 7) is 5.64. The van der Waals surface area contributed by atoms with Gasteiger partial charge in [-0.05, 0) is 18.9 Å². The average Bonchev–Trinajstić information content (AvgIpc) is 2.42. The molecule has 2 unspecified atom stereocenters. The van der Waals surface area contributed by atoms with E-state index in [-0.39, 0.29) is 6.61 Å². The van der Waals surface area contributed by atoms with Crippen LogP contribution in [0.25, 0.3) is 0 Å². The maximum atomic E-state index is 8.64. The minimum atomic E-state index is 0.284. The molecule has 0 bridgehead atoms. The van der Waals surface area contributed by atoms with Crippen LogP contribution in [0.4, 0.5) is 0 Å². The van der Waals surface area contributed by atoms with Gasteiger partial charge in [-0.3, -0.25) is 0 Å². The summed E-state index contributed by atoms with van der Waals surface area (Å²) in [5.41, 5.74) is 0. The van der Waals surface area contributed by atoms with E-state index in [2.05, 4.69) is 25.8 Å². The molecular weight excluding hydrogens is 126 g/mol. The van der Waals surface area contributed by atoms with Crippen LogP contribution >= 0.6 is 0 Å². The van der Waals surface area contributed by atoms with E-state index in [1.165, 1.54) is 0 Å².